The van der Waals surface area contributed by atoms with E-state index in [9.17, 15) is 9.59 Å². The molecule has 1 aromatic rings. The van der Waals surface area contributed by atoms with Crippen molar-refractivity contribution >= 4 is 11.9 Å². The van der Waals surface area contributed by atoms with Crippen LogP contribution in [0.1, 0.15) is 31.7 Å². The van der Waals surface area contributed by atoms with E-state index in [0.717, 1.165) is 12.8 Å². The van der Waals surface area contributed by atoms with Crippen LogP contribution in [0.25, 0.3) is 0 Å². The van der Waals surface area contributed by atoms with E-state index in [2.05, 4.69) is 17.4 Å². The molecule has 0 aromatic heterocycles. The molecule has 0 spiro atoms. The standard InChI is InChI=1S/C14H19NO3/c1-11(15-13(16)9-10-14(17)18)7-8-12-5-3-2-4-6-12/h2-6,11H,7-10H2,1H3,(H,15,16)(H,17,18)/t11-/m0/s1. The average Bonchev–Trinajstić information content (AvgIpc) is 2.35. The normalized spacial score (nSPS) is 11.8. The summed E-state index contributed by atoms with van der Waals surface area (Å²) in [4.78, 5) is 21.7. The van der Waals surface area contributed by atoms with E-state index in [-0.39, 0.29) is 24.8 Å². The van der Waals surface area contributed by atoms with E-state index < -0.39 is 5.97 Å². The molecule has 98 valence electrons. The molecule has 0 fully saturated rings. The fourth-order valence-corrected chi connectivity index (χ4v) is 1.67. The van der Waals surface area contributed by atoms with Crippen molar-refractivity contribution in [3.63, 3.8) is 0 Å². The minimum absolute atomic E-state index is 0.0466. The van der Waals surface area contributed by atoms with Crippen molar-refractivity contribution in [2.45, 2.75) is 38.6 Å². The fourth-order valence-electron chi connectivity index (χ4n) is 1.67. The Morgan fingerprint density at radius 2 is 1.89 bits per heavy atom. The van der Waals surface area contributed by atoms with Crippen molar-refractivity contribution in [2.75, 3.05) is 0 Å². The maximum absolute atomic E-state index is 11.4. The lowest BCUT2D eigenvalue weighted by molar-refractivity contribution is -0.138. The highest BCUT2D eigenvalue weighted by molar-refractivity contribution is 5.80. The van der Waals surface area contributed by atoms with Crippen LogP contribution in [0.4, 0.5) is 0 Å². The number of rotatable bonds is 7. The Morgan fingerprint density at radius 1 is 1.22 bits per heavy atom. The molecule has 0 aliphatic rings. The van der Waals surface area contributed by atoms with Gasteiger partial charge in [0.15, 0.2) is 0 Å². The molecule has 0 unspecified atom stereocenters. The van der Waals surface area contributed by atoms with E-state index in [1.54, 1.807) is 0 Å². The van der Waals surface area contributed by atoms with Crippen molar-refractivity contribution in [3.05, 3.63) is 35.9 Å². The molecule has 1 aromatic carbocycles. The summed E-state index contributed by atoms with van der Waals surface area (Å²) in [6.45, 7) is 1.93. The van der Waals surface area contributed by atoms with Gasteiger partial charge in [0, 0.05) is 12.5 Å². The molecule has 0 bridgehead atoms. The lowest BCUT2D eigenvalue weighted by atomic mass is 10.1. The van der Waals surface area contributed by atoms with Crippen LogP contribution in [-0.4, -0.2) is 23.0 Å². The fraction of sp³-hybridized carbons (Fsp3) is 0.429. The molecule has 0 heterocycles. The van der Waals surface area contributed by atoms with E-state index >= 15 is 0 Å². The van der Waals surface area contributed by atoms with E-state index in [1.165, 1.54) is 5.56 Å². The third-order valence-corrected chi connectivity index (χ3v) is 2.68. The highest BCUT2D eigenvalue weighted by atomic mass is 16.4. The molecule has 18 heavy (non-hydrogen) atoms. The van der Waals surface area contributed by atoms with Crippen LogP contribution in [-0.2, 0) is 16.0 Å². The maximum atomic E-state index is 11.4. The van der Waals surface area contributed by atoms with Crippen LogP contribution in [0.3, 0.4) is 0 Å². The predicted molar refractivity (Wildman–Crippen MR) is 69.2 cm³/mol. The molecule has 4 nitrogen and oxygen atoms in total. The van der Waals surface area contributed by atoms with E-state index in [1.807, 2.05) is 25.1 Å². The first-order valence-corrected chi connectivity index (χ1v) is 6.13. The van der Waals surface area contributed by atoms with Gasteiger partial charge in [-0.2, -0.15) is 0 Å². The maximum Gasteiger partial charge on any atom is 0.303 e. The third kappa shape index (κ3) is 6.03. The molecule has 0 aliphatic heterocycles. The number of hydrogen-bond donors (Lipinski definition) is 2. The van der Waals surface area contributed by atoms with Crippen LogP contribution in [0, 0.1) is 0 Å². The summed E-state index contributed by atoms with van der Waals surface area (Å²) in [5.74, 6) is -1.14. The first kappa shape index (κ1) is 14.2. The number of hydrogen-bond acceptors (Lipinski definition) is 2. The van der Waals surface area contributed by atoms with Gasteiger partial charge in [-0.1, -0.05) is 30.3 Å². The molecule has 1 amide bonds. The first-order chi connectivity index (χ1) is 8.58. The van der Waals surface area contributed by atoms with Crippen molar-refractivity contribution in [3.8, 4) is 0 Å². The van der Waals surface area contributed by atoms with Gasteiger partial charge in [0.1, 0.15) is 0 Å². The minimum Gasteiger partial charge on any atom is -0.481 e. The van der Waals surface area contributed by atoms with Crippen molar-refractivity contribution in [1.29, 1.82) is 0 Å². The number of carboxylic acid groups (broad SMARTS) is 1. The highest BCUT2D eigenvalue weighted by Gasteiger charge is 2.09. The van der Waals surface area contributed by atoms with E-state index in [4.69, 9.17) is 5.11 Å². The highest BCUT2D eigenvalue weighted by Crippen LogP contribution is 2.05. The number of carboxylic acids is 1. The smallest absolute Gasteiger partial charge is 0.303 e. The molecule has 4 heteroatoms. The van der Waals surface area contributed by atoms with Gasteiger partial charge >= 0.3 is 5.97 Å². The Morgan fingerprint density at radius 3 is 2.50 bits per heavy atom. The van der Waals surface area contributed by atoms with Crippen molar-refractivity contribution in [1.82, 2.24) is 5.32 Å². The molecular formula is C14H19NO3. The molecule has 0 radical (unpaired) electrons. The third-order valence-electron chi connectivity index (χ3n) is 2.68. The lowest BCUT2D eigenvalue weighted by Gasteiger charge is -2.13. The number of nitrogens with one attached hydrogen (secondary N) is 1. The second-order valence-corrected chi connectivity index (χ2v) is 4.39. The zero-order valence-corrected chi connectivity index (χ0v) is 10.6. The molecule has 2 N–H and O–H groups in total. The Balaban J connectivity index is 2.23. The second-order valence-electron chi connectivity index (χ2n) is 4.39. The second kappa shape index (κ2) is 7.48. The molecule has 0 saturated heterocycles. The van der Waals surface area contributed by atoms with Gasteiger partial charge in [-0.05, 0) is 25.3 Å². The molecule has 1 atom stereocenters. The van der Waals surface area contributed by atoms with Gasteiger partial charge in [0.2, 0.25) is 5.91 Å². The van der Waals surface area contributed by atoms with E-state index in [0.29, 0.717) is 0 Å². The van der Waals surface area contributed by atoms with Gasteiger partial charge in [-0.25, -0.2) is 0 Å². The monoisotopic (exact) mass is 249 g/mol. The summed E-state index contributed by atoms with van der Waals surface area (Å²) in [6, 6.07) is 10.1. The van der Waals surface area contributed by atoms with Crippen molar-refractivity contribution < 1.29 is 14.7 Å². The Kier molecular flexibility index (Phi) is 5.91. The Labute approximate surface area is 107 Å². The number of benzene rings is 1. The van der Waals surface area contributed by atoms with Crippen LogP contribution < -0.4 is 5.32 Å². The summed E-state index contributed by atoms with van der Waals surface area (Å²) >= 11 is 0. The molecule has 0 aliphatic carbocycles. The molecular weight excluding hydrogens is 230 g/mol. The summed E-state index contributed by atoms with van der Waals surface area (Å²) in [6.07, 6.45) is 1.69. The summed E-state index contributed by atoms with van der Waals surface area (Å²) < 4.78 is 0. The number of amides is 1. The van der Waals surface area contributed by atoms with Crippen LogP contribution in [0.5, 0.6) is 0 Å². The van der Waals surface area contributed by atoms with Crippen molar-refractivity contribution in [2.24, 2.45) is 0 Å². The van der Waals surface area contributed by atoms with Gasteiger partial charge in [0.25, 0.3) is 0 Å². The Bertz CT molecular complexity index is 389. The average molecular weight is 249 g/mol. The van der Waals surface area contributed by atoms with Gasteiger partial charge in [-0.15, -0.1) is 0 Å². The largest absolute Gasteiger partial charge is 0.481 e. The predicted octanol–water partition coefficient (Wildman–Crippen LogP) is 1.99. The summed E-state index contributed by atoms with van der Waals surface area (Å²) in [5, 5.41) is 11.3. The van der Waals surface area contributed by atoms with Crippen LogP contribution >= 0.6 is 0 Å². The minimum atomic E-state index is -0.943. The lowest BCUT2D eigenvalue weighted by Crippen LogP contribution is -2.33. The Hall–Kier alpha value is -1.84. The molecule has 0 saturated carbocycles. The molecule has 1 rings (SSSR count). The number of aryl methyl sites for hydroxylation is 1. The zero-order valence-electron chi connectivity index (χ0n) is 10.6. The van der Waals surface area contributed by atoms with Gasteiger partial charge in [-0.3, -0.25) is 9.59 Å². The van der Waals surface area contributed by atoms with Gasteiger partial charge in [0.05, 0.1) is 6.42 Å². The number of carbonyl (C=O) groups excluding carboxylic acids is 1. The first-order valence-electron chi connectivity index (χ1n) is 6.13. The van der Waals surface area contributed by atoms with Crippen LogP contribution in [0.2, 0.25) is 0 Å². The number of aliphatic carboxylic acids is 1. The van der Waals surface area contributed by atoms with Crippen LogP contribution in [0.15, 0.2) is 30.3 Å². The number of carbonyl (C=O) groups is 2. The summed E-state index contributed by atoms with van der Waals surface area (Å²) in [7, 11) is 0. The quantitative estimate of drug-likeness (QED) is 0.776. The summed E-state index contributed by atoms with van der Waals surface area (Å²) in [5.41, 5.74) is 1.24. The topological polar surface area (TPSA) is 66.4 Å². The zero-order chi connectivity index (χ0) is 13.4. The SMILES string of the molecule is C[C@@H](CCc1ccccc1)NC(=O)CCC(=O)O. The van der Waals surface area contributed by atoms with Gasteiger partial charge < -0.3 is 10.4 Å².